The summed E-state index contributed by atoms with van der Waals surface area (Å²) in [4.78, 5) is 31.8. The fourth-order valence-corrected chi connectivity index (χ4v) is 2.72. The number of amides is 2. The highest BCUT2D eigenvalue weighted by molar-refractivity contribution is 7.80. The number of nitrogens with one attached hydrogen (secondary N) is 2. The minimum absolute atomic E-state index is 0.0594. The molecule has 1 aliphatic rings. The molecule has 0 saturated carbocycles. The number of anilines is 1. The Morgan fingerprint density at radius 2 is 2.16 bits per heavy atom. The van der Waals surface area contributed by atoms with Crippen LogP contribution in [0.15, 0.2) is 29.3 Å². The van der Waals surface area contributed by atoms with E-state index in [9.17, 15) is 9.59 Å². The van der Waals surface area contributed by atoms with E-state index < -0.39 is 17.7 Å². The molecule has 0 aromatic heterocycles. The molecule has 1 fully saturated rings. The van der Waals surface area contributed by atoms with E-state index in [0.29, 0.717) is 18.0 Å². The molecule has 2 N–H and O–H groups in total. The summed E-state index contributed by atoms with van der Waals surface area (Å²) >= 11 is 5.16. The summed E-state index contributed by atoms with van der Waals surface area (Å²) in [5.41, 5.74) is 0.545. The highest BCUT2D eigenvalue weighted by atomic mass is 32.1. The summed E-state index contributed by atoms with van der Waals surface area (Å²) in [5.74, 6) is -1.24. The Balaban J connectivity index is 2.14. The second-order valence-electron chi connectivity index (χ2n) is 6.01. The molecule has 2 rings (SSSR count). The summed E-state index contributed by atoms with van der Waals surface area (Å²) in [5, 5.41) is 2.63. The van der Waals surface area contributed by atoms with Gasteiger partial charge in [-0.15, -0.1) is 0 Å². The third-order valence-corrected chi connectivity index (χ3v) is 4.02. The van der Waals surface area contributed by atoms with E-state index in [1.165, 1.54) is 16.0 Å². The minimum atomic E-state index is -0.982. The van der Waals surface area contributed by atoms with Crippen LogP contribution in [-0.4, -0.2) is 57.4 Å². The van der Waals surface area contributed by atoms with Crippen molar-refractivity contribution in [1.82, 2.24) is 5.32 Å². The molecule has 1 unspecified atom stereocenters. The standard InChI is InChI=1S/C17H22N4O3S/c1-20(2)9-5-8-18-11-14-15(22)19-17(25)21(16(14)23)12-6-4-7-13(10-12)24-3/h4,6-7,10-11,14H,5,8-9H2,1-3H3,(H,19,22,25)/p+1. The number of benzene rings is 1. The molecule has 0 bridgehead atoms. The smallest absolute Gasteiger partial charge is 0.251 e. The molecule has 2 amide bonds. The van der Waals surface area contributed by atoms with Gasteiger partial charge >= 0.3 is 0 Å². The predicted octanol–water partition coefficient (Wildman–Crippen LogP) is -0.335. The van der Waals surface area contributed by atoms with Gasteiger partial charge in [-0.2, -0.15) is 0 Å². The number of ether oxygens (including phenoxy) is 1. The largest absolute Gasteiger partial charge is 0.497 e. The summed E-state index contributed by atoms with van der Waals surface area (Å²) < 4.78 is 5.18. The number of aliphatic imine (C=N–C) groups is 1. The van der Waals surface area contributed by atoms with E-state index in [4.69, 9.17) is 17.0 Å². The number of carbonyl (C=O) groups excluding carboxylic acids is 2. The van der Waals surface area contributed by atoms with Crippen LogP contribution in [0.3, 0.4) is 0 Å². The number of nitrogens with zero attached hydrogens (tertiary/aromatic N) is 2. The zero-order valence-corrected chi connectivity index (χ0v) is 15.4. The molecule has 25 heavy (non-hydrogen) atoms. The van der Waals surface area contributed by atoms with E-state index in [0.717, 1.165) is 13.0 Å². The molecule has 0 aliphatic carbocycles. The Bertz CT molecular complexity index is 690. The van der Waals surface area contributed by atoms with E-state index in [1.54, 1.807) is 31.4 Å². The van der Waals surface area contributed by atoms with E-state index in [2.05, 4.69) is 24.4 Å². The van der Waals surface area contributed by atoms with Crippen LogP contribution < -0.4 is 19.9 Å². The fourth-order valence-electron chi connectivity index (χ4n) is 2.42. The average molecular weight is 363 g/mol. The average Bonchev–Trinajstić information content (AvgIpc) is 2.57. The van der Waals surface area contributed by atoms with Gasteiger partial charge < -0.3 is 15.0 Å². The third kappa shape index (κ3) is 4.83. The Morgan fingerprint density at radius 3 is 2.84 bits per heavy atom. The van der Waals surface area contributed by atoms with Crippen LogP contribution in [-0.2, 0) is 9.59 Å². The maximum atomic E-state index is 12.8. The zero-order valence-electron chi connectivity index (χ0n) is 14.6. The number of methoxy groups -OCH3 is 1. The van der Waals surface area contributed by atoms with Crippen molar-refractivity contribution in [3.63, 3.8) is 0 Å². The molecule has 0 spiro atoms. The van der Waals surface area contributed by atoms with Crippen LogP contribution in [0.4, 0.5) is 5.69 Å². The van der Waals surface area contributed by atoms with Crippen LogP contribution in [0.25, 0.3) is 0 Å². The minimum Gasteiger partial charge on any atom is -0.497 e. The second kappa shape index (κ2) is 8.68. The number of quaternary nitrogens is 1. The first-order valence-electron chi connectivity index (χ1n) is 8.06. The quantitative estimate of drug-likeness (QED) is 0.301. The molecular weight excluding hydrogens is 340 g/mol. The molecule has 7 nitrogen and oxygen atoms in total. The summed E-state index contributed by atoms with van der Waals surface area (Å²) in [6.45, 7) is 1.55. The lowest BCUT2D eigenvalue weighted by atomic mass is 10.1. The number of carbonyl (C=O) groups is 2. The third-order valence-electron chi connectivity index (χ3n) is 3.73. The molecular formula is C17H23N4O3S+. The highest BCUT2D eigenvalue weighted by Gasteiger charge is 2.38. The van der Waals surface area contributed by atoms with Gasteiger partial charge in [0, 0.05) is 25.2 Å². The Labute approximate surface area is 152 Å². The van der Waals surface area contributed by atoms with Crippen molar-refractivity contribution in [2.24, 2.45) is 10.9 Å². The van der Waals surface area contributed by atoms with Crippen molar-refractivity contribution in [3.8, 4) is 5.75 Å². The summed E-state index contributed by atoms with van der Waals surface area (Å²) in [7, 11) is 5.67. The van der Waals surface area contributed by atoms with Gasteiger partial charge in [-0.05, 0) is 24.4 Å². The van der Waals surface area contributed by atoms with Crippen molar-refractivity contribution in [2.75, 3.05) is 39.2 Å². The summed E-state index contributed by atoms with van der Waals surface area (Å²) in [6.07, 6.45) is 2.30. The van der Waals surface area contributed by atoms with Gasteiger partial charge in [0.15, 0.2) is 11.0 Å². The van der Waals surface area contributed by atoms with Gasteiger partial charge in [-0.25, -0.2) is 0 Å². The lowest BCUT2D eigenvalue weighted by Crippen LogP contribution is -3.05. The van der Waals surface area contributed by atoms with Crippen molar-refractivity contribution < 1.29 is 19.2 Å². The van der Waals surface area contributed by atoms with Crippen LogP contribution in [0.5, 0.6) is 5.75 Å². The highest BCUT2D eigenvalue weighted by Crippen LogP contribution is 2.24. The van der Waals surface area contributed by atoms with E-state index >= 15 is 0 Å². The van der Waals surface area contributed by atoms with Gasteiger partial charge in [0.1, 0.15) is 5.75 Å². The lowest BCUT2D eigenvalue weighted by Gasteiger charge is -2.31. The van der Waals surface area contributed by atoms with Gasteiger partial charge in [-0.1, -0.05) is 6.07 Å². The van der Waals surface area contributed by atoms with Crippen LogP contribution in [0.1, 0.15) is 6.42 Å². The van der Waals surface area contributed by atoms with E-state index in [-0.39, 0.29) is 5.11 Å². The molecule has 0 radical (unpaired) electrons. The number of rotatable bonds is 7. The summed E-state index contributed by atoms with van der Waals surface area (Å²) in [6, 6.07) is 6.95. The number of hydrogen-bond donors (Lipinski definition) is 2. The van der Waals surface area contributed by atoms with Crippen molar-refractivity contribution in [3.05, 3.63) is 24.3 Å². The topological polar surface area (TPSA) is 75.4 Å². The molecule has 1 saturated heterocycles. The molecule has 8 heteroatoms. The van der Waals surface area contributed by atoms with Gasteiger partial charge in [0.05, 0.1) is 33.4 Å². The lowest BCUT2D eigenvalue weighted by molar-refractivity contribution is -0.858. The molecule has 1 aromatic rings. The van der Waals surface area contributed by atoms with Crippen LogP contribution in [0.2, 0.25) is 0 Å². The zero-order chi connectivity index (χ0) is 18.4. The first-order chi connectivity index (χ1) is 11.9. The molecule has 1 atom stereocenters. The maximum absolute atomic E-state index is 12.8. The Morgan fingerprint density at radius 1 is 1.40 bits per heavy atom. The van der Waals surface area contributed by atoms with Crippen LogP contribution in [0, 0.1) is 5.92 Å². The van der Waals surface area contributed by atoms with Crippen molar-refractivity contribution in [1.29, 1.82) is 0 Å². The molecule has 134 valence electrons. The van der Waals surface area contributed by atoms with Gasteiger partial charge in [0.2, 0.25) is 5.91 Å². The molecule has 1 aliphatic heterocycles. The van der Waals surface area contributed by atoms with E-state index in [1.807, 2.05) is 0 Å². The Kier molecular flexibility index (Phi) is 6.60. The first-order valence-corrected chi connectivity index (χ1v) is 8.46. The number of thiocarbonyl (C=S) groups is 1. The van der Waals surface area contributed by atoms with Crippen LogP contribution >= 0.6 is 12.2 Å². The Hall–Kier alpha value is -2.32. The normalized spacial score (nSPS) is 18.2. The second-order valence-corrected chi connectivity index (χ2v) is 6.40. The predicted molar refractivity (Wildman–Crippen MR) is 100 cm³/mol. The maximum Gasteiger partial charge on any atom is 0.251 e. The fraction of sp³-hybridized carbons (Fsp3) is 0.412. The first kappa shape index (κ1) is 19.0. The molecule has 1 heterocycles. The SMILES string of the molecule is COc1cccc(N2C(=O)C(C=NCCC[NH+](C)C)C(=O)NC2=S)c1. The monoisotopic (exact) mass is 363 g/mol. The van der Waals surface area contributed by atoms with Gasteiger partial charge in [0.25, 0.3) is 5.91 Å². The van der Waals surface area contributed by atoms with Crippen molar-refractivity contribution in [2.45, 2.75) is 6.42 Å². The van der Waals surface area contributed by atoms with Gasteiger partial charge in [-0.3, -0.25) is 19.5 Å². The van der Waals surface area contributed by atoms with Crippen molar-refractivity contribution >= 4 is 41.0 Å². The molecule has 1 aromatic carbocycles. The number of hydrogen-bond acceptors (Lipinski definition) is 5.